The molecule has 0 spiro atoms. The Kier molecular flexibility index (Phi) is 5.76. The summed E-state index contributed by atoms with van der Waals surface area (Å²) in [5, 5.41) is 2.98. The minimum Gasteiger partial charge on any atom is -0.355 e. The van der Waals surface area contributed by atoms with Gasteiger partial charge in [0.1, 0.15) is 0 Å². The molecule has 116 valence electrons. The van der Waals surface area contributed by atoms with Crippen molar-refractivity contribution in [2.75, 3.05) is 26.2 Å². The van der Waals surface area contributed by atoms with Crippen molar-refractivity contribution in [1.29, 1.82) is 0 Å². The molecule has 0 saturated carbocycles. The summed E-state index contributed by atoms with van der Waals surface area (Å²) in [4.78, 5) is 14.4. The first-order valence-electron chi connectivity index (χ1n) is 7.94. The van der Waals surface area contributed by atoms with Crippen LogP contribution in [0.25, 0.3) is 0 Å². The van der Waals surface area contributed by atoms with Crippen LogP contribution in [-0.4, -0.2) is 43.0 Å². The molecular weight excluding hydrogens is 262 g/mol. The van der Waals surface area contributed by atoms with E-state index in [1.54, 1.807) is 0 Å². The van der Waals surface area contributed by atoms with Crippen molar-refractivity contribution in [1.82, 2.24) is 10.2 Å². The molecule has 4 nitrogen and oxygen atoms in total. The van der Waals surface area contributed by atoms with E-state index in [0.29, 0.717) is 18.4 Å². The molecule has 3 atom stereocenters. The van der Waals surface area contributed by atoms with E-state index in [1.165, 1.54) is 5.56 Å². The molecule has 21 heavy (non-hydrogen) atoms. The SMILES string of the molecule is CCCNC(=O)C(C)N1C[C@@H](CN)[C@H](c2ccccc2)C1. The molecule has 1 fully saturated rings. The number of nitrogens with one attached hydrogen (secondary N) is 1. The lowest BCUT2D eigenvalue weighted by molar-refractivity contribution is -0.125. The van der Waals surface area contributed by atoms with E-state index in [1.807, 2.05) is 13.0 Å². The molecule has 1 aliphatic heterocycles. The molecule has 2 rings (SSSR count). The Morgan fingerprint density at radius 2 is 2.10 bits per heavy atom. The molecule has 1 saturated heterocycles. The van der Waals surface area contributed by atoms with Gasteiger partial charge in [-0.2, -0.15) is 0 Å². The average Bonchev–Trinajstić information content (AvgIpc) is 2.97. The summed E-state index contributed by atoms with van der Waals surface area (Å²) >= 11 is 0. The monoisotopic (exact) mass is 289 g/mol. The zero-order valence-electron chi connectivity index (χ0n) is 13.1. The first kappa shape index (κ1) is 16.0. The average molecular weight is 289 g/mol. The molecule has 3 N–H and O–H groups in total. The summed E-state index contributed by atoms with van der Waals surface area (Å²) in [6, 6.07) is 10.4. The molecule has 0 radical (unpaired) electrons. The van der Waals surface area contributed by atoms with Gasteiger partial charge in [0.05, 0.1) is 6.04 Å². The zero-order chi connectivity index (χ0) is 15.2. The fourth-order valence-electron chi connectivity index (χ4n) is 3.10. The lowest BCUT2D eigenvalue weighted by Gasteiger charge is -2.23. The highest BCUT2D eigenvalue weighted by molar-refractivity contribution is 5.81. The van der Waals surface area contributed by atoms with Gasteiger partial charge in [0, 0.05) is 25.6 Å². The number of carbonyl (C=O) groups is 1. The molecule has 1 amide bonds. The van der Waals surface area contributed by atoms with Crippen LogP contribution in [0.1, 0.15) is 31.7 Å². The Labute approximate surface area is 127 Å². The van der Waals surface area contributed by atoms with Crippen LogP contribution >= 0.6 is 0 Å². The van der Waals surface area contributed by atoms with Crippen molar-refractivity contribution in [2.24, 2.45) is 11.7 Å². The summed E-state index contributed by atoms with van der Waals surface area (Å²) in [6.07, 6.45) is 0.969. The van der Waals surface area contributed by atoms with Crippen molar-refractivity contribution in [2.45, 2.75) is 32.2 Å². The van der Waals surface area contributed by atoms with Gasteiger partial charge in [0.25, 0.3) is 0 Å². The summed E-state index contributed by atoms with van der Waals surface area (Å²) < 4.78 is 0. The van der Waals surface area contributed by atoms with E-state index in [4.69, 9.17) is 5.73 Å². The molecule has 1 unspecified atom stereocenters. The van der Waals surface area contributed by atoms with E-state index in [0.717, 1.165) is 26.1 Å². The number of benzene rings is 1. The van der Waals surface area contributed by atoms with Crippen LogP contribution in [0.15, 0.2) is 30.3 Å². The normalized spacial score (nSPS) is 24.0. The molecule has 1 aromatic carbocycles. The van der Waals surface area contributed by atoms with Crippen molar-refractivity contribution in [3.63, 3.8) is 0 Å². The number of nitrogens with zero attached hydrogens (tertiary/aromatic N) is 1. The van der Waals surface area contributed by atoms with Crippen LogP contribution in [0.3, 0.4) is 0 Å². The fraction of sp³-hybridized carbons (Fsp3) is 0.588. The molecule has 0 aromatic heterocycles. The van der Waals surface area contributed by atoms with Gasteiger partial charge in [-0.25, -0.2) is 0 Å². The van der Waals surface area contributed by atoms with Gasteiger partial charge in [-0.15, -0.1) is 0 Å². The Balaban J connectivity index is 2.03. The smallest absolute Gasteiger partial charge is 0.237 e. The number of rotatable bonds is 6. The third-order valence-electron chi connectivity index (χ3n) is 4.48. The van der Waals surface area contributed by atoms with Crippen LogP contribution in [0.2, 0.25) is 0 Å². The predicted molar refractivity (Wildman–Crippen MR) is 86.1 cm³/mol. The quantitative estimate of drug-likeness (QED) is 0.836. The largest absolute Gasteiger partial charge is 0.355 e. The van der Waals surface area contributed by atoms with Crippen LogP contribution in [-0.2, 0) is 4.79 Å². The van der Waals surface area contributed by atoms with Crippen molar-refractivity contribution in [3.05, 3.63) is 35.9 Å². The molecule has 0 aliphatic carbocycles. The van der Waals surface area contributed by atoms with E-state index >= 15 is 0 Å². The Morgan fingerprint density at radius 3 is 2.71 bits per heavy atom. The van der Waals surface area contributed by atoms with Crippen LogP contribution in [0, 0.1) is 5.92 Å². The highest BCUT2D eigenvalue weighted by Gasteiger charge is 2.36. The Bertz CT molecular complexity index is 449. The zero-order valence-corrected chi connectivity index (χ0v) is 13.1. The fourth-order valence-corrected chi connectivity index (χ4v) is 3.10. The maximum absolute atomic E-state index is 12.1. The summed E-state index contributed by atoms with van der Waals surface area (Å²) in [5.41, 5.74) is 7.28. The second-order valence-electron chi connectivity index (χ2n) is 5.93. The molecule has 4 heteroatoms. The van der Waals surface area contributed by atoms with E-state index in [2.05, 4.69) is 41.4 Å². The Hall–Kier alpha value is -1.39. The standard InChI is InChI=1S/C17H27N3O/c1-3-9-19-17(21)13(2)20-11-15(10-18)16(12-20)14-7-5-4-6-8-14/h4-8,13,15-16H,3,9-12,18H2,1-2H3,(H,19,21)/t13?,15-,16+/m1/s1. The Morgan fingerprint density at radius 1 is 1.38 bits per heavy atom. The highest BCUT2D eigenvalue weighted by Crippen LogP contribution is 2.32. The van der Waals surface area contributed by atoms with Gasteiger partial charge in [0.15, 0.2) is 0 Å². The van der Waals surface area contributed by atoms with Crippen molar-refractivity contribution in [3.8, 4) is 0 Å². The number of hydrogen-bond acceptors (Lipinski definition) is 3. The van der Waals surface area contributed by atoms with Crippen LogP contribution in [0.5, 0.6) is 0 Å². The van der Waals surface area contributed by atoms with Crippen molar-refractivity contribution < 1.29 is 4.79 Å². The first-order chi connectivity index (χ1) is 10.2. The maximum atomic E-state index is 12.1. The molecule has 1 heterocycles. The maximum Gasteiger partial charge on any atom is 0.237 e. The minimum atomic E-state index is -0.0840. The third-order valence-corrected chi connectivity index (χ3v) is 4.48. The van der Waals surface area contributed by atoms with Gasteiger partial charge >= 0.3 is 0 Å². The summed E-state index contributed by atoms with van der Waals surface area (Å²) in [7, 11) is 0. The molecule has 1 aliphatic rings. The first-order valence-corrected chi connectivity index (χ1v) is 7.94. The third kappa shape index (κ3) is 3.83. The second kappa shape index (κ2) is 7.57. The number of hydrogen-bond donors (Lipinski definition) is 2. The van der Waals surface area contributed by atoms with Crippen molar-refractivity contribution >= 4 is 5.91 Å². The highest BCUT2D eigenvalue weighted by atomic mass is 16.2. The minimum absolute atomic E-state index is 0.0840. The van der Waals surface area contributed by atoms with Crippen LogP contribution < -0.4 is 11.1 Å². The molecule has 1 aromatic rings. The van der Waals surface area contributed by atoms with Crippen LogP contribution in [0.4, 0.5) is 0 Å². The number of nitrogens with two attached hydrogens (primary N) is 1. The molecule has 0 bridgehead atoms. The van der Waals surface area contributed by atoms with E-state index in [-0.39, 0.29) is 11.9 Å². The van der Waals surface area contributed by atoms with Gasteiger partial charge in [-0.3, -0.25) is 9.69 Å². The second-order valence-corrected chi connectivity index (χ2v) is 5.93. The predicted octanol–water partition coefficient (Wildman–Crippen LogP) is 1.58. The number of amides is 1. The summed E-state index contributed by atoms with van der Waals surface area (Å²) in [6.45, 7) is 7.28. The van der Waals surface area contributed by atoms with E-state index in [9.17, 15) is 4.79 Å². The van der Waals surface area contributed by atoms with Gasteiger partial charge in [-0.1, -0.05) is 37.3 Å². The number of carbonyl (C=O) groups excluding carboxylic acids is 1. The van der Waals surface area contributed by atoms with E-state index < -0.39 is 0 Å². The van der Waals surface area contributed by atoms with Gasteiger partial charge in [0.2, 0.25) is 5.91 Å². The molecular formula is C17H27N3O. The number of likely N-dealkylation sites (tertiary alicyclic amines) is 1. The lowest BCUT2D eigenvalue weighted by Crippen LogP contribution is -2.44. The van der Waals surface area contributed by atoms with Gasteiger partial charge < -0.3 is 11.1 Å². The topological polar surface area (TPSA) is 58.4 Å². The lowest BCUT2D eigenvalue weighted by atomic mass is 9.89. The van der Waals surface area contributed by atoms with Gasteiger partial charge in [-0.05, 0) is 31.4 Å². The summed E-state index contributed by atoms with van der Waals surface area (Å²) in [5.74, 6) is 0.979.